The SMILES string of the molecule is Cn1nccc1-c1nc(OC[C@H]2C[C@@H](c3ccc(CN4CCCC4)cc3)C2)nc2ccccc12. The van der Waals surface area contributed by atoms with Crippen LogP contribution in [0.1, 0.15) is 42.7 Å². The van der Waals surface area contributed by atoms with E-state index >= 15 is 0 Å². The van der Waals surface area contributed by atoms with Crippen molar-refractivity contribution in [2.75, 3.05) is 19.7 Å². The summed E-state index contributed by atoms with van der Waals surface area (Å²) in [6.07, 6.45) is 6.80. The third-order valence-corrected chi connectivity index (χ3v) is 7.39. The number of para-hydroxylation sites is 1. The van der Waals surface area contributed by atoms with Gasteiger partial charge in [0.25, 0.3) is 0 Å². The topological polar surface area (TPSA) is 56.1 Å². The van der Waals surface area contributed by atoms with Crippen LogP contribution in [0.4, 0.5) is 0 Å². The van der Waals surface area contributed by atoms with Crippen molar-refractivity contribution in [3.05, 3.63) is 71.9 Å². The van der Waals surface area contributed by atoms with Crippen LogP contribution in [0.5, 0.6) is 6.01 Å². The second-order valence-electron chi connectivity index (χ2n) is 9.78. The first kappa shape index (κ1) is 21.3. The lowest BCUT2D eigenvalue weighted by atomic mass is 9.72. The van der Waals surface area contributed by atoms with Gasteiger partial charge < -0.3 is 4.74 Å². The summed E-state index contributed by atoms with van der Waals surface area (Å²) in [5, 5.41) is 5.32. The third kappa shape index (κ3) is 4.30. The van der Waals surface area contributed by atoms with E-state index in [2.05, 4.69) is 39.2 Å². The number of ether oxygens (including phenoxy) is 1. The van der Waals surface area contributed by atoms with Crippen molar-refractivity contribution in [3.8, 4) is 17.4 Å². The minimum Gasteiger partial charge on any atom is -0.463 e. The molecule has 0 N–H and O–H groups in total. The molecule has 0 radical (unpaired) electrons. The number of benzene rings is 2. The molecule has 6 heteroatoms. The van der Waals surface area contributed by atoms with E-state index in [-0.39, 0.29) is 0 Å². The van der Waals surface area contributed by atoms with Gasteiger partial charge in [0, 0.05) is 25.2 Å². The summed E-state index contributed by atoms with van der Waals surface area (Å²) < 4.78 is 7.96. The van der Waals surface area contributed by atoms with Gasteiger partial charge in [-0.3, -0.25) is 9.58 Å². The van der Waals surface area contributed by atoms with E-state index in [1.165, 1.54) is 37.1 Å². The number of nitrogens with zero attached hydrogens (tertiary/aromatic N) is 5. The van der Waals surface area contributed by atoms with Crippen LogP contribution in [0.3, 0.4) is 0 Å². The van der Waals surface area contributed by atoms with Crippen molar-refractivity contribution < 1.29 is 4.74 Å². The number of likely N-dealkylation sites (tertiary alicyclic amines) is 1. The Labute approximate surface area is 200 Å². The normalized spacial score (nSPS) is 20.5. The molecule has 0 amide bonds. The molecule has 6 nitrogen and oxygen atoms in total. The quantitative estimate of drug-likeness (QED) is 0.385. The van der Waals surface area contributed by atoms with Gasteiger partial charge in [0.1, 0.15) is 5.69 Å². The van der Waals surface area contributed by atoms with Gasteiger partial charge in [-0.2, -0.15) is 15.1 Å². The molecule has 0 bridgehead atoms. The fourth-order valence-corrected chi connectivity index (χ4v) is 5.35. The Morgan fingerprint density at radius 3 is 2.50 bits per heavy atom. The van der Waals surface area contributed by atoms with Gasteiger partial charge in [0.2, 0.25) is 0 Å². The van der Waals surface area contributed by atoms with E-state index in [0.717, 1.165) is 41.7 Å². The summed E-state index contributed by atoms with van der Waals surface area (Å²) in [4.78, 5) is 12.0. The standard InChI is InChI=1S/C28H31N5O/c1-32-26(12-13-29-32)27-24-6-2-3-7-25(24)30-28(31-27)34-19-21-16-23(17-21)22-10-8-20(9-11-22)18-33-14-4-5-15-33/h2-3,6-13,21,23H,4-5,14-19H2,1H3/t21-,23+. The minimum atomic E-state index is 0.449. The Hall–Kier alpha value is -3.25. The first-order valence-corrected chi connectivity index (χ1v) is 12.4. The predicted octanol–water partition coefficient (Wildman–Crippen LogP) is 5.20. The van der Waals surface area contributed by atoms with E-state index in [1.807, 2.05) is 42.1 Å². The van der Waals surface area contributed by atoms with E-state index in [4.69, 9.17) is 9.72 Å². The molecule has 2 fully saturated rings. The van der Waals surface area contributed by atoms with Crippen molar-refractivity contribution in [1.82, 2.24) is 24.6 Å². The molecule has 1 saturated carbocycles. The van der Waals surface area contributed by atoms with Gasteiger partial charge >= 0.3 is 6.01 Å². The number of aromatic nitrogens is 4. The fraction of sp³-hybridized carbons (Fsp3) is 0.393. The lowest BCUT2D eigenvalue weighted by Gasteiger charge is -2.35. The van der Waals surface area contributed by atoms with Crippen LogP contribution >= 0.6 is 0 Å². The molecule has 2 aromatic carbocycles. The Balaban J connectivity index is 1.08. The zero-order valence-electron chi connectivity index (χ0n) is 19.7. The van der Waals surface area contributed by atoms with Crippen LogP contribution in [0, 0.1) is 5.92 Å². The molecule has 174 valence electrons. The van der Waals surface area contributed by atoms with Crippen LogP contribution in [0.15, 0.2) is 60.8 Å². The van der Waals surface area contributed by atoms with E-state index in [0.29, 0.717) is 24.5 Å². The molecule has 3 heterocycles. The van der Waals surface area contributed by atoms with E-state index < -0.39 is 0 Å². The van der Waals surface area contributed by atoms with Crippen molar-refractivity contribution >= 4 is 10.9 Å². The number of hydrogen-bond donors (Lipinski definition) is 0. The second kappa shape index (κ2) is 9.18. The average molecular weight is 454 g/mol. The zero-order valence-corrected chi connectivity index (χ0v) is 19.7. The maximum absolute atomic E-state index is 6.12. The van der Waals surface area contributed by atoms with Crippen molar-refractivity contribution in [2.24, 2.45) is 13.0 Å². The molecule has 0 spiro atoms. The molecule has 0 unspecified atom stereocenters. The van der Waals surface area contributed by atoms with Gasteiger partial charge in [-0.15, -0.1) is 0 Å². The molecule has 6 rings (SSSR count). The molecule has 2 aliphatic rings. The third-order valence-electron chi connectivity index (χ3n) is 7.39. The van der Waals surface area contributed by atoms with Crippen LogP contribution < -0.4 is 4.74 Å². The Bertz CT molecular complexity index is 1270. The Kier molecular flexibility index (Phi) is 5.75. The second-order valence-corrected chi connectivity index (χ2v) is 9.78. The van der Waals surface area contributed by atoms with Crippen molar-refractivity contribution in [1.29, 1.82) is 0 Å². The molecular formula is C28H31N5O. The summed E-state index contributed by atoms with van der Waals surface area (Å²) in [6, 6.07) is 19.8. The van der Waals surface area contributed by atoms with Gasteiger partial charge in [-0.1, -0.05) is 42.5 Å². The van der Waals surface area contributed by atoms with E-state index in [1.54, 1.807) is 6.20 Å². The van der Waals surface area contributed by atoms with Crippen LogP contribution in [-0.4, -0.2) is 44.3 Å². The highest BCUT2D eigenvalue weighted by molar-refractivity contribution is 5.91. The minimum absolute atomic E-state index is 0.449. The number of aryl methyl sites for hydroxylation is 1. The summed E-state index contributed by atoms with van der Waals surface area (Å²) >= 11 is 0. The molecule has 1 aliphatic carbocycles. The van der Waals surface area contributed by atoms with Gasteiger partial charge in [0.15, 0.2) is 0 Å². The predicted molar refractivity (Wildman–Crippen MR) is 134 cm³/mol. The first-order valence-electron chi connectivity index (χ1n) is 12.4. The highest BCUT2D eigenvalue weighted by Crippen LogP contribution is 2.42. The lowest BCUT2D eigenvalue weighted by Crippen LogP contribution is -2.27. The molecule has 0 atom stereocenters. The van der Waals surface area contributed by atoms with Crippen LogP contribution in [0.25, 0.3) is 22.3 Å². The van der Waals surface area contributed by atoms with Crippen LogP contribution in [-0.2, 0) is 13.6 Å². The first-order chi connectivity index (χ1) is 16.7. The van der Waals surface area contributed by atoms with Crippen molar-refractivity contribution in [3.63, 3.8) is 0 Å². The summed E-state index contributed by atoms with van der Waals surface area (Å²) in [5.41, 5.74) is 5.61. The maximum atomic E-state index is 6.12. The molecule has 1 aliphatic heterocycles. The zero-order chi connectivity index (χ0) is 22.9. The molecule has 34 heavy (non-hydrogen) atoms. The molecule has 4 aromatic rings. The molecular weight excluding hydrogens is 422 g/mol. The monoisotopic (exact) mass is 453 g/mol. The van der Waals surface area contributed by atoms with Gasteiger partial charge in [-0.25, -0.2) is 0 Å². The summed E-state index contributed by atoms with van der Waals surface area (Å²) in [6.45, 7) is 4.24. The number of fused-ring (bicyclic) bond motifs is 1. The van der Waals surface area contributed by atoms with Crippen molar-refractivity contribution in [2.45, 2.75) is 38.1 Å². The fourth-order valence-electron chi connectivity index (χ4n) is 5.35. The van der Waals surface area contributed by atoms with Gasteiger partial charge in [0.05, 0.1) is 17.8 Å². The smallest absolute Gasteiger partial charge is 0.317 e. The number of rotatable bonds is 7. The maximum Gasteiger partial charge on any atom is 0.317 e. The molecule has 1 saturated heterocycles. The highest BCUT2D eigenvalue weighted by atomic mass is 16.5. The van der Waals surface area contributed by atoms with E-state index in [9.17, 15) is 0 Å². The van der Waals surface area contributed by atoms with Crippen LogP contribution in [0.2, 0.25) is 0 Å². The Morgan fingerprint density at radius 1 is 0.941 bits per heavy atom. The lowest BCUT2D eigenvalue weighted by molar-refractivity contribution is 0.150. The summed E-state index contributed by atoms with van der Waals surface area (Å²) in [7, 11) is 1.93. The van der Waals surface area contributed by atoms with Gasteiger partial charge in [-0.05, 0) is 73.9 Å². The molecule has 2 aromatic heterocycles. The Morgan fingerprint density at radius 2 is 1.74 bits per heavy atom. The average Bonchev–Trinajstić information content (AvgIpc) is 3.50. The number of hydrogen-bond acceptors (Lipinski definition) is 5. The summed E-state index contributed by atoms with van der Waals surface area (Å²) in [5.74, 6) is 1.18. The largest absolute Gasteiger partial charge is 0.463 e. The highest BCUT2D eigenvalue weighted by Gasteiger charge is 2.31.